The van der Waals surface area contributed by atoms with Crippen molar-refractivity contribution in [2.24, 2.45) is 0 Å². The summed E-state index contributed by atoms with van der Waals surface area (Å²) >= 11 is 1.52. The molecule has 0 fully saturated rings. The molecule has 0 heterocycles. The number of carboxylic acid groups (broad SMARTS) is 1. The number of terminal acetylenes is 1. The van der Waals surface area contributed by atoms with Crippen LogP contribution in [0.5, 0.6) is 0 Å². The second kappa shape index (κ2) is 8.88. The summed E-state index contributed by atoms with van der Waals surface area (Å²) in [6, 6.07) is 6.97. The third-order valence-corrected chi connectivity index (χ3v) is 3.24. The minimum atomic E-state index is -1.10. The summed E-state index contributed by atoms with van der Waals surface area (Å²) in [5, 5.41) is 14.2. The fourth-order valence-electron chi connectivity index (χ4n) is 1.48. The Hall–Kier alpha value is -2.13. The number of carbonyl (C=O) groups excluding carboxylic acids is 1. The quantitative estimate of drug-likeness (QED) is 0.525. The first-order valence-electron chi connectivity index (χ1n) is 5.98. The average molecular weight is 292 g/mol. The van der Waals surface area contributed by atoms with E-state index in [1.807, 2.05) is 0 Å². The van der Waals surface area contributed by atoms with Gasteiger partial charge in [-0.1, -0.05) is 36.3 Å². The molecular weight excluding hydrogens is 276 g/mol. The second-order valence-electron chi connectivity index (χ2n) is 3.84. The molecule has 0 aliphatic carbocycles. The van der Waals surface area contributed by atoms with Gasteiger partial charge in [0.2, 0.25) is 0 Å². The Labute approximate surface area is 122 Å². The predicted octanol–water partition coefficient (Wildman–Crippen LogP) is 1.48. The molecule has 20 heavy (non-hydrogen) atoms. The molecule has 6 heteroatoms. The number of benzene rings is 1. The van der Waals surface area contributed by atoms with Gasteiger partial charge in [-0.2, -0.15) is 0 Å². The maximum absolute atomic E-state index is 11.6. The van der Waals surface area contributed by atoms with E-state index in [2.05, 4.69) is 16.6 Å². The first-order chi connectivity index (χ1) is 9.65. The molecular formula is C14H16N2O3S. The number of urea groups is 1. The lowest BCUT2D eigenvalue weighted by atomic mass is 10.1. The van der Waals surface area contributed by atoms with Crippen LogP contribution >= 0.6 is 11.8 Å². The molecule has 0 radical (unpaired) electrons. The number of hydrogen-bond acceptors (Lipinski definition) is 3. The molecule has 2 amide bonds. The monoisotopic (exact) mass is 292 g/mol. The maximum atomic E-state index is 11.6. The van der Waals surface area contributed by atoms with Crippen LogP contribution in [0.3, 0.4) is 0 Å². The van der Waals surface area contributed by atoms with Crippen molar-refractivity contribution in [1.82, 2.24) is 10.6 Å². The minimum absolute atomic E-state index is 0.430. The summed E-state index contributed by atoms with van der Waals surface area (Å²) in [6.45, 7) is 0.430. The molecule has 1 aromatic rings. The van der Waals surface area contributed by atoms with Crippen LogP contribution in [0.4, 0.5) is 4.79 Å². The Balaban J connectivity index is 2.45. The molecule has 0 bridgehead atoms. The Morgan fingerprint density at radius 2 is 2.05 bits per heavy atom. The molecule has 1 aromatic carbocycles. The van der Waals surface area contributed by atoms with Gasteiger partial charge in [0.25, 0.3) is 0 Å². The van der Waals surface area contributed by atoms with Gasteiger partial charge < -0.3 is 15.7 Å². The van der Waals surface area contributed by atoms with Crippen molar-refractivity contribution in [1.29, 1.82) is 0 Å². The number of carbonyl (C=O) groups is 2. The molecule has 106 valence electrons. The molecule has 1 atom stereocenters. The van der Waals surface area contributed by atoms with Gasteiger partial charge in [-0.05, 0) is 5.56 Å². The lowest BCUT2D eigenvalue weighted by Gasteiger charge is -2.15. The van der Waals surface area contributed by atoms with E-state index in [4.69, 9.17) is 11.5 Å². The Kier molecular flexibility index (Phi) is 7.07. The first-order valence-corrected chi connectivity index (χ1v) is 7.14. The molecule has 5 nitrogen and oxygen atoms in total. The smallest absolute Gasteiger partial charge is 0.330 e. The van der Waals surface area contributed by atoms with E-state index >= 15 is 0 Å². The van der Waals surface area contributed by atoms with Crippen LogP contribution in [0, 0.1) is 12.3 Å². The molecule has 1 rings (SSSR count). The zero-order valence-corrected chi connectivity index (χ0v) is 11.7. The molecule has 0 saturated heterocycles. The van der Waals surface area contributed by atoms with Crippen LogP contribution in [0.2, 0.25) is 0 Å². The number of carboxylic acids is 1. The summed E-state index contributed by atoms with van der Waals surface area (Å²) in [7, 11) is 0. The number of rotatable bonds is 7. The third-order valence-electron chi connectivity index (χ3n) is 2.37. The fraction of sp³-hybridized carbons (Fsp3) is 0.286. The van der Waals surface area contributed by atoms with Crippen LogP contribution in [-0.2, 0) is 4.79 Å². The molecule has 0 unspecified atom stereocenters. The lowest BCUT2D eigenvalue weighted by Crippen LogP contribution is -2.41. The minimum Gasteiger partial charge on any atom is -0.479 e. The lowest BCUT2D eigenvalue weighted by molar-refractivity contribution is -0.139. The molecule has 0 aliphatic heterocycles. The molecule has 0 aromatic heterocycles. The third kappa shape index (κ3) is 5.67. The SMILES string of the molecule is C#CCSCCNC(=O)N[C@@H](C(=O)O)c1ccccc1. The molecule has 0 saturated carbocycles. The van der Waals surface area contributed by atoms with Crippen molar-refractivity contribution in [2.75, 3.05) is 18.1 Å². The van der Waals surface area contributed by atoms with E-state index in [9.17, 15) is 9.59 Å². The van der Waals surface area contributed by atoms with E-state index in [1.54, 1.807) is 30.3 Å². The zero-order chi connectivity index (χ0) is 14.8. The van der Waals surface area contributed by atoms with Crippen molar-refractivity contribution in [3.05, 3.63) is 35.9 Å². The number of aliphatic carboxylic acids is 1. The highest BCUT2D eigenvalue weighted by Gasteiger charge is 2.21. The van der Waals surface area contributed by atoms with E-state index in [0.717, 1.165) is 0 Å². The Bertz CT molecular complexity index is 485. The Morgan fingerprint density at radius 3 is 2.65 bits per heavy atom. The van der Waals surface area contributed by atoms with Crippen LogP contribution < -0.4 is 10.6 Å². The molecule has 0 spiro atoms. The average Bonchev–Trinajstić information content (AvgIpc) is 2.45. The normalized spacial score (nSPS) is 11.2. The highest BCUT2D eigenvalue weighted by atomic mass is 32.2. The topological polar surface area (TPSA) is 78.4 Å². The van der Waals surface area contributed by atoms with Gasteiger partial charge in [0.1, 0.15) is 0 Å². The summed E-state index contributed by atoms with van der Waals surface area (Å²) in [4.78, 5) is 22.8. The summed E-state index contributed by atoms with van der Waals surface area (Å²) in [5.74, 6) is 2.65. The highest BCUT2D eigenvalue weighted by Crippen LogP contribution is 2.12. The van der Waals surface area contributed by atoms with Gasteiger partial charge in [0, 0.05) is 12.3 Å². The van der Waals surface area contributed by atoms with Crippen LogP contribution in [0.25, 0.3) is 0 Å². The van der Waals surface area contributed by atoms with Gasteiger partial charge in [-0.15, -0.1) is 18.2 Å². The Morgan fingerprint density at radius 1 is 1.35 bits per heavy atom. The van der Waals surface area contributed by atoms with E-state index in [-0.39, 0.29) is 0 Å². The van der Waals surface area contributed by atoms with Crippen molar-refractivity contribution in [2.45, 2.75) is 6.04 Å². The van der Waals surface area contributed by atoms with Crippen molar-refractivity contribution >= 4 is 23.8 Å². The predicted molar refractivity (Wildman–Crippen MR) is 79.5 cm³/mol. The summed E-state index contributed by atoms with van der Waals surface area (Å²) < 4.78 is 0. The molecule has 0 aliphatic rings. The standard InChI is InChI=1S/C14H16N2O3S/c1-2-9-20-10-8-15-14(19)16-12(13(17)18)11-6-4-3-5-7-11/h1,3-7,12H,8-10H2,(H,17,18)(H2,15,16,19)/t12-/m1/s1. The van der Waals surface area contributed by atoms with Gasteiger partial charge in [-0.3, -0.25) is 0 Å². The summed E-state index contributed by atoms with van der Waals surface area (Å²) in [5.41, 5.74) is 0.525. The number of thioether (sulfide) groups is 1. The van der Waals surface area contributed by atoms with Gasteiger partial charge >= 0.3 is 12.0 Å². The van der Waals surface area contributed by atoms with Gasteiger partial charge in [0.15, 0.2) is 6.04 Å². The van der Waals surface area contributed by atoms with E-state index in [0.29, 0.717) is 23.6 Å². The second-order valence-corrected chi connectivity index (χ2v) is 4.94. The van der Waals surface area contributed by atoms with Crippen LogP contribution in [0.15, 0.2) is 30.3 Å². The van der Waals surface area contributed by atoms with Crippen molar-refractivity contribution in [3.8, 4) is 12.3 Å². The van der Waals surface area contributed by atoms with Gasteiger partial charge in [0.05, 0.1) is 5.75 Å². The van der Waals surface area contributed by atoms with Crippen molar-refractivity contribution in [3.63, 3.8) is 0 Å². The largest absolute Gasteiger partial charge is 0.479 e. The zero-order valence-electron chi connectivity index (χ0n) is 10.8. The summed E-state index contributed by atoms with van der Waals surface area (Å²) in [6.07, 6.45) is 5.10. The van der Waals surface area contributed by atoms with Crippen molar-refractivity contribution < 1.29 is 14.7 Å². The van der Waals surface area contributed by atoms with Crippen LogP contribution in [-0.4, -0.2) is 35.2 Å². The maximum Gasteiger partial charge on any atom is 0.330 e. The number of nitrogens with one attached hydrogen (secondary N) is 2. The number of amides is 2. The highest BCUT2D eigenvalue weighted by molar-refractivity contribution is 7.99. The molecule has 3 N–H and O–H groups in total. The van der Waals surface area contributed by atoms with E-state index in [1.165, 1.54) is 11.8 Å². The van der Waals surface area contributed by atoms with Crippen LogP contribution in [0.1, 0.15) is 11.6 Å². The van der Waals surface area contributed by atoms with Gasteiger partial charge in [-0.25, -0.2) is 9.59 Å². The van der Waals surface area contributed by atoms with E-state index < -0.39 is 18.0 Å². The number of hydrogen-bond donors (Lipinski definition) is 3. The first kappa shape index (κ1) is 15.9. The fourth-order valence-corrected chi connectivity index (χ4v) is 1.99.